The van der Waals surface area contributed by atoms with Gasteiger partial charge in [0.2, 0.25) is 5.82 Å². The van der Waals surface area contributed by atoms with Crippen LogP contribution in [0.1, 0.15) is 22.7 Å². The van der Waals surface area contributed by atoms with Gasteiger partial charge in [-0.25, -0.2) is 24.6 Å². The molecule has 0 bridgehead atoms. The first-order valence-electron chi connectivity index (χ1n) is 11.3. The molecule has 4 rings (SSSR count). The van der Waals surface area contributed by atoms with Crippen LogP contribution in [0.15, 0.2) is 72.8 Å². The Bertz CT molecular complexity index is 1380. The molecule has 1 aliphatic heterocycles. The molecule has 198 valence electrons. The minimum atomic E-state index is -4.84. The third-order valence-corrected chi connectivity index (χ3v) is 6.27. The van der Waals surface area contributed by atoms with Crippen molar-refractivity contribution in [2.24, 2.45) is 5.73 Å². The summed E-state index contributed by atoms with van der Waals surface area (Å²) in [7, 11) is 1.15. The van der Waals surface area contributed by atoms with E-state index in [-0.39, 0.29) is 5.75 Å². The maximum atomic E-state index is 15.6. The van der Waals surface area contributed by atoms with E-state index in [1.165, 1.54) is 18.2 Å². The van der Waals surface area contributed by atoms with Crippen LogP contribution in [0.5, 0.6) is 5.75 Å². The summed E-state index contributed by atoms with van der Waals surface area (Å²) in [6.45, 7) is -1.39. The van der Waals surface area contributed by atoms with Crippen LogP contribution >= 0.6 is 0 Å². The second-order valence-electron chi connectivity index (χ2n) is 8.56. The molecule has 3 aromatic carbocycles. The van der Waals surface area contributed by atoms with Crippen LogP contribution < -0.4 is 20.3 Å². The van der Waals surface area contributed by atoms with Gasteiger partial charge in [-0.2, -0.15) is 17.6 Å². The van der Waals surface area contributed by atoms with E-state index in [9.17, 15) is 27.6 Å². The van der Waals surface area contributed by atoms with E-state index in [4.69, 9.17) is 10.5 Å². The summed E-state index contributed by atoms with van der Waals surface area (Å²) in [6.07, 6.45) is -4.84. The number of imide groups is 3. The number of methoxy groups -OCH3 is 1. The summed E-state index contributed by atoms with van der Waals surface area (Å²) >= 11 is 0. The van der Waals surface area contributed by atoms with Crippen LogP contribution in [0.2, 0.25) is 0 Å². The highest BCUT2D eigenvalue weighted by molar-refractivity contribution is 6.20. The molecule has 3 N–H and O–H groups in total. The maximum Gasteiger partial charge on any atom is 0.442 e. The van der Waals surface area contributed by atoms with E-state index in [1.54, 1.807) is 30.3 Å². The van der Waals surface area contributed by atoms with E-state index in [0.717, 1.165) is 31.4 Å². The van der Waals surface area contributed by atoms with Crippen molar-refractivity contribution < 1.29 is 36.7 Å². The summed E-state index contributed by atoms with van der Waals surface area (Å²) < 4.78 is 60.5. The van der Waals surface area contributed by atoms with E-state index >= 15 is 4.39 Å². The van der Waals surface area contributed by atoms with Crippen LogP contribution in [0, 0.1) is 5.82 Å². The molecule has 0 radical (unpaired) electrons. The topological polar surface area (TPSA) is 102 Å². The Hall–Kier alpha value is -4.29. The molecular formula is C26H23F4N4O4+. The number of nitrogens with zero attached hydrogens (tertiary/aromatic N) is 2. The number of carbonyl (C=O) groups excluding carboxylic acids is 3. The zero-order valence-corrected chi connectivity index (χ0v) is 20.0. The Morgan fingerprint density at radius 1 is 0.974 bits per heavy atom. The van der Waals surface area contributed by atoms with Gasteiger partial charge in [-0.05, 0) is 17.7 Å². The minimum absolute atomic E-state index is 0.353. The lowest BCUT2D eigenvalue weighted by molar-refractivity contribution is -0.138. The lowest BCUT2D eigenvalue weighted by atomic mass is 10.0. The third kappa shape index (κ3) is 4.71. The Balaban J connectivity index is 1.89. The monoisotopic (exact) mass is 531 g/mol. The van der Waals surface area contributed by atoms with Gasteiger partial charge in [-0.15, -0.1) is 4.48 Å². The van der Waals surface area contributed by atoms with E-state index in [2.05, 4.69) is 0 Å². The van der Waals surface area contributed by atoms with Crippen molar-refractivity contribution in [2.75, 3.05) is 13.7 Å². The Morgan fingerprint density at radius 3 is 2.29 bits per heavy atom. The summed E-state index contributed by atoms with van der Waals surface area (Å²) in [5.41, 5.74) is 4.58. The second kappa shape index (κ2) is 10.2. The number of ether oxygens (including phenoxy) is 1. The van der Waals surface area contributed by atoms with Crippen LogP contribution in [-0.2, 0) is 12.7 Å². The zero-order chi connectivity index (χ0) is 27.7. The van der Waals surface area contributed by atoms with Crippen molar-refractivity contribution in [3.63, 3.8) is 0 Å². The summed E-state index contributed by atoms with van der Waals surface area (Å²) in [5, 5.41) is 2.00. The number of nitrogens with two attached hydrogens (primary N) is 1. The van der Waals surface area contributed by atoms with Crippen LogP contribution in [-0.4, -0.2) is 36.6 Å². The first-order valence-corrected chi connectivity index (χ1v) is 11.3. The number of alkyl halides is 3. The Morgan fingerprint density at radius 2 is 1.63 bits per heavy atom. The minimum Gasteiger partial charge on any atom is -0.493 e. The van der Waals surface area contributed by atoms with E-state index < -0.39 is 70.5 Å². The molecule has 6 amide bonds. The van der Waals surface area contributed by atoms with E-state index in [0.29, 0.717) is 10.5 Å². The summed E-state index contributed by atoms with van der Waals surface area (Å²) in [4.78, 5) is 40.9. The highest BCUT2D eigenvalue weighted by Gasteiger charge is 2.59. The molecule has 0 aliphatic carbocycles. The fourth-order valence-electron chi connectivity index (χ4n) is 4.38. The lowest BCUT2D eigenvalue weighted by Gasteiger charge is -2.40. The highest BCUT2D eigenvalue weighted by atomic mass is 19.4. The van der Waals surface area contributed by atoms with Crippen molar-refractivity contribution in [1.82, 2.24) is 14.7 Å². The van der Waals surface area contributed by atoms with Crippen molar-refractivity contribution in [2.45, 2.75) is 18.8 Å². The van der Waals surface area contributed by atoms with E-state index in [1.807, 2.05) is 5.32 Å². The number of rotatable bonds is 7. The molecule has 0 saturated carbocycles. The summed E-state index contributed by atoms with van der Waals surface area (Å²) in [6, 6.07) is 11.7. The average Bonchev–Trinajstić information content (AvgIpc) is 2.89. The number of nitrogens with one attached hydrogen (secondary N) is 1. The highest BCUT2D eigenvalue weighted by Crippen LogP contribution is 2.40. The SMILES string of the molecule is COc1cccc([N+]2(Cc3ccccc3C(F)(F)F)C(=O)NC(=O)N(CC(N)c3ccccc3)C2=O)c1F. The molecule has 3 aromatic rings. The molecule has 1 fully saturated rings. The predicted octanol–water partition coefficient (Wildman–Crippen LogP) is 5.33. The van der Waals surface area contributed by atoms with Gasteiger partial charge in [0.1, 0.15) is 6.54 Å². The first kappa shape index (κ1) is 26.8. The van der Waals surface area contributed by atoms with Gasteiger partial charge >= 0.3 is 24.3 Å². The summed E-state index contributed by atoms with van der Waals surface area (Å²) in [5.74, 6) is -1.50. The molecule has 2 atom stereocenters. The van der Waals surface area contributed by atoms with Gasteiger partial charge in [0, 0.05) is 17.7 Å². The lowest BCUT2D eigenvalue weighted by Crippen LogP contribution is -2.74. The molecule has 0 aromatic heterocycles. The van der Waals surface area contributed by atoms with Crippen LogP contribution in [0.4, 0.5) is 37.6 Å². The van der Waals surface area contributed by atoms with Gasteiger partial charge < -0.3 is 10.5 Å². The molecular weight excluding hydrogens is 508 g/mol. The number of quaternary nitrogens is 1. The van der Waals surface area contributed by atoms with Gasteiger partial charge in [-0.1, -0.05) is 54.6 Å². The number of urea groups is 3. The molecule has 1 heterocycles. The van der Waals surface area contributed by atoms with Gasteiger partial charge in [-0.3, -0.25) is 0 Å². The average molecular weight is 531 g/mol. The van der Waals surface area contributed by atoms with Gasteiger partial charge in [0.15, 0.2) is 11.4 Å². The van der Waals surface area contributed by atoms with Crippen LogP contribution in [0.3, 0.4) is 0 Å². The fourth-order valence-corrected chi connectivity index (χ4v) is 4.38. The fraction of sp³-hybridized carbons (Fsp3) is 0.192. The van der Waals surface area contributed by atoms with Gasteiger partial charge in [0.05, 0.1) is 19.2 Å². The third-order valence-electron chi connectivity index (χ3n) is 6.27. The largest absolute Gasteiger partial charge is 0.493 e. The number of benzene rings is 3. The molecule has 2 unspecified atom stereocenters. The molecule has 38 heavy (non-hydrogen) atoms. The molecule has 1 aliphatic rings. The smallest absolute Gasteiger partial charge is 0.442 e. The standard InChI is InChI=1S/C26H22F4N4O4/c1-38-21-13-7-12-20(22(21)27)34(15-17-10-5-6-11-18(17)26(28,29)30)24(36)32-23(35)33(25(34)37)14-19(31)16-8-3-2-4-9-16/h2-13,19H,14-15,31H2,1H3/p+1. The maximum absolute atomic E-state index is 15.6. The number of hydrogen-bond acceptors (Lipinski definition) is 5. The predicted molar refractivity (Wildman–Crippen MR) is 129 cm³/mol. The van der Waals surface area contributed by atoms with Gasteiger partial charge in [0.25, 0.3) is 0 Å². The molecule has 8 nitrogen and oxygen atoms in total. The van der Waals surface area contributed by atoms with Crippen molar-refractivity contribution in [1.29, 1.82) is 0 Å². The van der Waals surface area contributed by atoms with Crippen molar-refractivity contribution >= 4 is 23.8 Å². The zero-order valence-electron chi connectivity index (χ0n) is 20.0. The number of halogens is 4. The number of hydrogen-bond donors (Lipinski definition) is 2. The van der Waals surface area contributed by atoms with Crippen molar-refractivity contribution in [3.05, 3.63) is 95.3 Å². The first-order chi connectivity index (χ1) is 18.0. The normalized spacial score (nSPS) is 18.8. The second-order valence-corrected chi connectivity index (χ2v) is 8.56. The molecule has 12 heteroatoms. The van der Waals surface area contributed by atoms with Crippen molar-refractivity contribution in [3.8, 4) is 5.75 Å². The Labute approximate surface area is 214 Å². The molecule has 1 saturated heterocycles. The molecule has 0 spiro atoms. The quantitative estimate of drug-likeness (QED) is 0.317. The Kier molecular flexibility index (Phi) is 7.20. The van der Waals surface area contributed by atoms with Crippen LogP contribution in [0.25, 0.3) is 0 Å². The number of amides is 6. The number of carbonyl (C=O) groups is 3.